The number of halogens is 2. The molecule has 0 heterocycles. The van der Waals surface area contributed by atoms with Crippen LogP contribution in [0.25, 0.3) is 0 Å². The molecule has 4 nitrogen and oxygen atoms in total. The predicted octanol–water partition coefficient (Wildman–Crippen LogP) is 2.33. The molecule has 17 heavy (non-hydrogen) atoms. The van der Waals surface area contributed by atoms with Gasteiger partial charge in [-0.25, -0.2) is 0 Å². The van der Waals surface area contributed by atoms with Crippen molar-refractivity contribution >= 4 is 41.2 Å². The molecule has 0 aromatic heterocycles. The average Bonchev–Trinajstić information content (AvgIpc) is 2.22. The molecule has 0 spiro atoms. The summed E-state index contributed by atoms with van der Waals surface area (Å²) in [4.78, 5) is 22.4. The molecule has 0 unspecified atom stereocenters. The lowest BCUT2D eigenvalue weighted by Crippen LogP contribution is -2.10. The summed E-state index contributed by atoms with van der Waals surface area (Å²) in [6, 6.07) is 6.84. The van der Waals surface area contributed by atoms with Crippen molar-refractivity contribution in [2.24, 2.45) is 0 Å². The van der Waals surface area contributed by atoms with Gasteiger partial charge in [0.15, 0.2) is 11.6 Å². The molecule has 0 radical (unpaired) electrons. The van der Waals surface area contributed by atoms with Crippen molar-refractivity contribution in [3.05, 3.63) is 47.5 Å². The summed E-state index contributed by atoms with van der Waals surface area (Å²) in [7, 11) is 4.81. The quantitative estimate of drug-likeness (QED) is 0.688. The summed E-state index contributed by atoms with van der Waals surface area (Å²) in [5.74, 6) is -0.185. The Morgan fingerprint density at radius 3 is 1.41 bits per heavy atom. The van der Waals surface area contributed by atoms with Gasteiger partial charge in [0.1, 0.15) is 0 Å². The van der Waals surface area contributed by atoms with Crippen molar-refractivity contribution in [3.63, 3.8) is 0 Å². The molecule has 1 aliphatic carbocycles. The monoisotopic (exact) mass is 292 g/mol. The van der Waals surface area contributed by atoms with Gasteiger partial charge in [-0.15, -0.1) is 0 Å². The molecule has 0 saturated carbocycles. The highest BCUT2D eigenvalue weighted by Gasteiger charge is 2.16. The third kappa shape index (κ3) is 4.68. The zero-order valence-corrected chi connectivity index (χ0v) is 10.6. The van der Waals surface area contributed by atoms with Gasteiger partial charge in [0.2, 0.25) is 0 Å². The van der Waals surface area contributed by atoms with Crippen LogP contribution in [0, 0.1) is 0 Å². The maximum absolute atomic E-state index is 11.2. The fourth-order valence-corrected chi connectivity index (χ4v) is 1.24. The minimum Gasteiger partial charge on any atom is -0.289 e. The number of fused-ring (bicyclic) bond motifs is 1. The SMILES string of the molecule is O=C1C=CC(=O)c2ccccc21.O=S(=O)(Cl)Cl. The first kappa shape index (κ1) is 13.9. The topological polar surface area (TPSA) is 68.3 Å². The molecular weight excluding hydrogens is 287 g/mol. The van der Waals surface area contributed by atoms with E-state index in [4.69, 9.17) is 8.42 Å². The largest absolute Gasteiger partial charge is 0.317 e. The summed E-state index contributed by atoms with van der Waals surface area (Å²) in [6.07, 6.45) is 2.62. The van der Waals surface area contributed by atoms with E-state index in [1.165, 1.54) is 12.2 Å². The Labute approximate surface area is 107 Å². The van der Waals surface area contributed by atoms with E-state index < -0.39 is 8.26 Å². The lowest BCUT2D eigenvalue weighted by molar-refractivity contribution is 0.0994. The Balaban J connectivity index is 0.000000249. The zero-order chi connectivity index (χ0) is 13.1. The van der Waals surface area contributed by atoms with Crippen molar-refractivity contribution in [3.8, 4) is 0 Å². The van der Waals surface area contributed by atoms with E-state index >= 15 is 0 Å². The van der Waals surface area contributed by atoms with E-state index in [2.05, 4.69) is 21.4 Å². The Morgan fingerprint density at radius 2 is 1.12 bits per heavy atom. The predicted molar refractivity (Wildman–Crippen MR) is 64.9 cm³/mol. The van der Waals surface area contributed by atoms with E-state index in [1.54, 1.807) is 24.3 Å². The van der Waals surface area contributed by atoms with Crippen molar-refractivity contribution in [2.75, 3.05) is 0 Å². The number of rotatable bonds is 0. The smallest absolute Gasteiger partial charge is 0.289 e. The van der Waals surface area contributed by atoms with E-state index in [-0.39, 0.29) is 11.6 Å². The van der Waals surface area contributed by atoms with Gasteiger partial charge >= 0.3 is 8.26 Å². The standard InChI is InChI=1S/C10H6O2.Cl2O2S/c11-9-5-6-10(12)8-4-2-1-3-7(8)9;1-5(2,3)4/h1-6H;. The van der Waals surface area contributed by atoms with Crippen LogP contribution in [0.4, 0.5) is 0 Å². The van der Waals surface area contributed by atoms with Crippen LogP contribution in [0.2, 0.25) is 0 Å². The first-order chi connectivity index (χ1) is 7.79. The van der Waals surface area contributed by atoms with E-state index in [9.17, 15) is 9.59 Å². The molecule has 0 fully saturated rings. The summed E-state index contributed by atoms with van der Waals surface area (Å²) in [5.41, 5.74) is 1.01. The highest BCUT2D eigenvalue weighted by atomic mass is 36.0. The van der Waals surface area contributed by atoms with Crippen LogP contribution < -0.4 is 0 Å². The number of ketones is 2. The van der Waals surface area contributed by atoms with Gasteiger partial charge in [-0.2, -0.15) is 8.42 Å². The number of carbonyl (C=O) groups excluding carboxylic acids is 2. The Bertz CT molecular complexity index is 545. The summed E-state index contributed by atoms with van der Waals surface area (Å²) in [5, 5.41) is 0. The van der Waals surface area contributed by atoms with Crippen LogP contribution in [0.5, 0.6) is 0 Å². The Hall–Kier alpha value is -1.17. The number of carbonyl (C=O) groups is 2. The molecule has 1 aromatic rings. The lowest BCUT2D eigenvalue weighted by Gasteiger charge is -2.06. The van der Waals surface area contributed by atoms with Gasteiger partial charge in [0.05, 0.1) is 0 Å². The molecular formula is C10H6Cl2O4S. The van der Waals surface area contributed by atoms with Gasteiger partial charge in [-0.3, -0.25) is 9.59 Å². The third-order valence-corrected chi connectivity index (χ3v) is 1.84. The van der Waals surface area contributed by atoms with Crippen LogP contribution in [0.15, 0.2) is 36.4 Å². The number of allylic oxidation sites excluding steroid dienone is 2. The molecule has 0 N–H and O–H groups in total. The molecule has 0 aliphatic heterocycles. The second kappa shape index (κ2) is 5.44. The van der Waals surface area contributed by atoms with Crippen LogP contribution in [-0.4, -0.2) is 20.0 Å². The highest BCUT2D eigenvalue weighted by Crippen LogP contribution is 2.15. The van der Waals surface area contributed by atoms with Crippen LogP contribution in [-0.2, 0) is 8.26 Å². The zero-order valence-electron chi connectivity index (χ0n) is 8.26. The number of hydrogen-bond acceptors (Lipinski definition) is 4. The molecule has 2 rings (SSSR count). The van der Waals surface area contributed by atoms with Crippen molar-refractivity contribution < 1.29 is 18.0 Å². The Morgan fingerprint density at radius 1 is 0.824 bits per heavy atom. The molecule has 7 heteroatoms. The second-order valence-electron chi connectivity index (χ2n) is 2.99. The van der Waals surface area contributed by atoms with Gasteiger partial charge in [0, 0.05) is 32.5 Å². The third-order valence-electron chi connectivity index (χ3n) is 1.84. The van der Waals surface area contributed by atoms with Gasteiger partial charge in [-0.1, -0.05) is 24.3 Å². The molecule has 0 bridgehead atoms. The molecule has 0 atom stereocenters. The minimum absolute atomic E-state index is 0.0924. The van der Waals surface area contributed by atoms with Gasteiger partial charge < -0.3 is 0 Å². The van der Waals surface area contributed by atoms with E-state index in [0.29, 0.717) is 11.1 Å². The molecule has 1 aromatic carbocycles. The molecule has 0 saturated heterocycles. The summed E-state index contributed by atoms with van der Waals surface area (Å²) >= 11 is 0. The minimum atomic E-state index is -3.72. The Kier molecular flexibility index (Phi) is 4.45. The van der Waals surface area contributed by atoms with Crippen molar-refractivity contribution in [1.29, 1.82) is 0 Å². The van der Waals surface area contributed by atoms with Gasteiger partial charge in [-0.05, 0) is 12.2 Å². The average molecular weight is 293 g/mol. The number of hydrogen-bond donors (Lipinski definition) is 0. The fraction of sp³-hybridized carbons (Fsp3) is 0. The van der Waals surface area contributed by atoms with Crippen LogP contribution >= 0.6 is 21.4 Å². The summed E-state index contributed by atoms with van der Waals surface area (Å²) in [6.45, 7) is 0. The first-order valence-corrected chi connectivity index (χ1v) is 7.42. The second-order valence-corrected chi connectivity index (χ2v) is 6.65. The molecule has 1 aliphatic rings. The van der Waals surface area contributed by atoms with Gasteiger partial charge in [0.25, 0.3) is 0 Å². The van der Waals surface area contributed by atoms with E-state index in [0.717, 1.165) is 0 Å². The molecule has 0 amide bonds. The normalized spacial score (nSPS) is 13.8. The first-order valence-electron chi connectivity index (χ1n) is 4.29. The lowest BCUT2D eigenvalue weighted by atomic mass is 9.95. The maximum Gasteiger partial charge on any atom is 0.317 e. The molecule has 90 valence electrons. The van der Waals surface area contributed by atoms with Crippen LogP contribution in [0.3, 0.4) is 0 Å². The van der Waals surface area contributed by atoms with Crippen molar-refractivity contribution in [2.45, 2.75) is 0 Å². The van der Waals surface area contributed by atoms with E-state index in [1.807, 2.05) is 0 Å². The summed E-state index contributed by atoms with van der Waals surface area (Å²) < 4.78 is 18.3. The number of benzene rings is 1. The maximum atomic E-state index is 11.2. The fourth-order valence-electron chi connectivity index (χ4n) is 1.24. The highest BCUT2D eigenvalue weighted by molar-refractivity contribution is 8.31. The van der Waals surface area contributed by atoms with Crippen LogP contribution in [0.1, 0.15) is 20.7 Å². The van der Waals surface area contributed by atoms with Crippen molar-refractivity contribution in [1.82, 2.24) is 0 Å².